The van der Waals surface area contributed by atoms with Crippen molar-refractivity contribution in [3.63, 3.8) is 0 Å². The molecule has 0 saturated carbocycles. The molecule has 1 saturated heterocycles. The second-order valence-corrected chi connectivity index (χ2v) is 9.46. The van der Waals surface area contributed by atoms with Gasteiger partial charge in [0.05, 0.1) is 23.9 Å². The fourth-order valence-electron chi connectivity index (χ4n) is 2.85. The first kappa shape index (κ1) is 24.8. The van der Waals surface area contributed by atoms with Crippen molar-refractivity contribution in [2.45, 2.75) is 65.3 Å². The first-order valence-corrected chi connectivity index (χ1v) is 10.1. The molecule has 0 radical (unpaired) electrons. The van der Waals surface area contributed by atoms with Crippen molar-refractivity contribution in [2.24, 2.45) is 0 Å². The Morgan fingerprint density at radius 3 is 2.19 bits per heavy atom. The highest BCUT2D eigenvalue weighted by atomic mass is 16.7. The summed E-state index contributed by atoms with van der Waals surface area (Å²) in [5, 5.41) is 12.1. The molecular weight excluding hydrogens is 401 g/mol. The Hall–Kier alpha value is -2.52. The molecule has 170 valence electrons. The Labute approximate surface area is 184 Å². The maximum atomic E-state index is 12.2. The van der Waals surface area contributed by atoms with Crippen molar-refractivity contribution < 1.29 is 33.5 Å². The molecule has 1 fully saturated rings. The lowest BCUT2D eigenvalue weighted by atomic mass is 9.77. The van der Waals surface area contributed by atoms with E-state index < -0.39 is 36.0 Å². The maximum Gasteiger partial charge on any atom is 0.492 e. The van der Waals surface area contributed by atoms with Crippen LogP contribution in [0.3, 0.4) is 0 Å². The second-order valence-electron chi connectivity index (χ2n) is 9.46. The highest BCUT2D eigenvalue weighted by Crippen LogP contribution is 2.39. The zero-order valence-electron chi connectivity index (χ0n) is 19.5. The van der Waals surface area contributed by atoms with Gasteiger partial charge in [-0.05, 0) is 77.7 Å². The third-order valence-electron chi connectivity index (χ3n) is 5.16. The van der Waals surface area contributed by atoms with Crippen LogP contribution < -0.4 is 10.1 Å². The van der Waals surface area contributed by atoms with Gasteiger partial charge in [-0.1, -0.05) is 6.08 Å². The highest BCUT2D eigenvalue weighted by molar-refractivity contribution is 6.56. The van der Waals surface area contributed by atoms with Crippen LogP contribution in [0.2, 0.25) is 0 Å². The van der Waals surface area contributed by atoms with Gasteiger partial charge in [-0.15, -0.1) is 0 Å². The van der Waals surface area contributed by atoms with Crippen molar-refractivity contribution in [3.05, 3.63) is 34.8 Å². The molecule has 0 spiro atoms. The molecule has 0 bridgehead atoms. The molecule has 1 heterocycles. The highest BCUT2D eigenvalue weighted by Gasteiger charge is 2.52. The number of methoxy groups -OCH3 is 1. The van der Waals surface area contributed by atoms with E-state index in [-0.39, 0.29) is 12.1 Å². The summed E-state index contributed by atoms with van der Waals surface area (Å²) >= 11 is 0. The van der Waals surface area contributed by atoms with Gasteiger partial charge in [-0.2, -0.15) is 0 Å². The van der Waals surface area contributed by atoms with Crippen molar-refractivity contribution >= 4 is 25.3 Å². The number of amides is 1. The quantitative estimate of drug-likeness (QED) is 0.655. The number of alkyl carbamates (subject to hydrolysis) is 1. The Kier molecular flexibility index (Phi) is 7.12. The molecular formula is C22H32BNO7. The van der Waals surface area contributed by atoms with Gasteiger partial charge in [0.1, 0.15) is 11.4 Å². The summed E-state index contributed by atoms with van der Waals surface area (Å²) in [4.78, 5) is 23.7. The van der Waals surface area contributed by atoms with E-state index in [1.165, 1.54) is 19.2 Å². The minimum absolute atomic E-state index is 0.0824. The lowest BCUT2D eigenvalue weighted by Crippen LogP contribution is -2.41. The van der Waals surface area contributed by atoms with Gasteiger partial charge in [0.2, 0.25) is 0 Å². The number of nitrogens with one attached hydrogen (secondary N) is 1. The summed E-state index contributed by atoms with van der Waals surface area (Å²) in [5.74, 6) is -0.669. The molecule has 2 N–H and O–H groups in total. The van der Waals surface area contributed by atoms with Gasteiger partial charge in [0, 0.05) is 6.54 Å². The van der Waals surface area contributed by atoms with Crippen LogP contribution in [0.4, 0.5) is 4.79 Å². The molecule has 0 unspecified atom stereocenters. The second kappa shape index (κ2) is 8.92. The smallest absolute Gasteiger partial charge is 0.492 e. The summed E-state index contributed by atoms with van der Waals surface area (Å²) in [6.07, 6.45) is 1.15. The van der Waals surface area contributed by atoms with Gasteiger partial charge < -0.3 is 29.2 Å². The number of ether oxygens (including phenoxy) is 2. The SMILES string of the molecule is COc1cc(C=C(CNC(=O)OC(C)(C)C)B2OC(C)(C)C(C)(C)O2)cc(C(=O)O)c1. The van der Waals surface area contributed by atoms with E-state index in [0.29, 0.717) is 16.8 Å². The third-order valence-corrected chi connectivity index (χ3v) is 5.16. The molecule has 8 nitrogen and oxygen atoms in total. The van der Waals surface area contributed by atoms with Crippen LogP contribution in [0.5, 0.6) is 5.75 Å². The minimum Gasteiger partial charge on any atom is -0.497 e. The average Bonchev–Trinajstić information content (AvgIpc) is 2.84. The van der Waals surface area contributed by atoms with Crippen LogP contribution in [0, 0.1) is 0 Å². The monoisotopic (exact) mass is 433 g/mol. The zero-order chi connectivity index (χ0) is 23.6. The fourth-order valence-corrected chi connectivity index (χ4v) is 2.85. The topological polar surface area (TPSA) is 103 Å². The maximum absolute atomic E-state index is 12.2. The molecule has 31 heavy (non-hydrogen) atoms. The molecule has 0 atom stereocenters. The van der Waals surface area contributed by atoms with Crippen molar-refractivity contribution in [2.75, 3.05) is 13.7 Å². The lowest BCUT2D eigenvalue weighted by Gasteiger charge is -2.32. The van der Waals surface area contributed by atoms with Crippen LogP contribution in [-0.4, -0.2) is 54.7 Å². The van der Waals surface area contributed by atoms with Crippen LogP contribution >= 0.6 is 0 Å². The predicted octanol–water partition coefficient (Wildman–Crippen LogP) is 3.93. The minimum atomic E-state index is -1.07. The standard InChI is InChI=1S/C22H32BNO7/c1-20(2,3)29-19(27)24-13-16(23-30-21(4,5)22(6,7)31-23)10-14-9-15(18(25)26)12-17(11-14)28-8/h9-12H,13H2,1-8H3,(H,24,27)(H,25,26). The molecule has 1 aromatic carbocycles. The molecule has 0 aromatic heterocycles. The molecule has 1 aliphatic heterocycles. The summed E-state index contributed by atoms with van der Waals surface area (Å²) in [6.45, 7) is 13.1. The number of carbonyl (C=O) groups excluding carboxylic acids is 1. The van der Waals surface area contributed by atoms with Crippen molar-refractivity contribution in [3.8, 4) is 5.75 Å². The summed E-state index contributed by atoms with van der Waals surface area (Å²) < 4.78 is 22.8. The Morgan fingerprint density at radius 1 is 1.13 bits per heavy atom. The first-order valence-electron chi connectivity index (χ1n) is 10.1. The number of hydrogen-bond acceptors (Lipinski definition) is 6. The number of rotatable bonds is 6. The molecule has 1 aromatic rings. The molecule has 9 heteroatoms. The van der Waals surface area contributed by atoms with Gasteiger partial charge in [-0.25, -0.2) is 9.59 Å². The van der Waals surface area contributed by atoms with Crippen LogP contribution in [0.1, 0.15) is 64.4 Å². The summed E-state index contributed by atoms with van der Waals surface area (Å²) in [6, 6.07) is 4.65. The van der Waals surface area contributed by atoms with Gasteiger partial charge in [0.15, 0.2) is 0 Å². The van der Waals surface area contributed by atoms with E-state index in [4.69, 9.17) is 18.8 Å². The van der Waals surface area contributed by atoms with Gasteiger partial charge in [0.25, 0.3) is 0 Å². The first-order chi connectivity index (χ1) is 14.1. The largest absolute Gasteiger partial charge is 0.497 e. The van der Waals surface area contributed by atoms with E-state index in [1.54, 1.807) is 32.9 Å². The molecule has 1 amide bonds. The number of hydrogen-bond donors (Lipinski definition) is 2. The van der Waals surface area contributed by atoms with E-state index in [1.807, 2.05) is 27.7 Å². The van der Waals surface area contributed by atoms with Crippen molar-refractivity contribution in [1.29, 1.82) is 0 Å². The molecule has 1 aliphatic rings. The fraction of sp³-hybridized carbons (Fsp3) is 0.545. The third kappa shape index (κ3) is 6.48. The molecule has 0 aliphatic carbocycles. The van der Waals surface area contributed by atoms with Crippen LogP contribution in [0.15, 0.2) is 23.7 Å². The Balaban J connectivity index is 2.39. The molecule has 2 rings (SSSR count). The van der Waals surface area contributed by atoms with E-state index >= 15 is 0 Å². The summed E-state index contributed by atoms with van der Waals surface area (Å²) in [5.41, 5.74) is -0.533. The van der Waals surface area contributed by atoms with Crippen molar-refractivity contribution in [1.82, 2.24) is 5.32 Å². The number of carbonyl (C=O) groups is 2. The Bertz CT molecular complexity index is 855. The van der Waals surface area contributed by atoms with E-state index in [0.717, 1.165) is 0 Å². The number of aromatic carboxylic acids is 1. The summed E-state index contributed by atoms with van der Waals surface area (Å²) in [7, 11) is 0.729. The number of carboxylic acids is 1. The lowest BCUT2D eigenvalue weighted by molar-refractivity contribution is 0.00578. The van der Waals surface area contributed by atoms with Crippen LogP contribution in [0.25, 0.3) is 6.08 Å². The zero-order valence-corrected chi connectivity index (χ0v) is 19.5. The average molecular weight is 433 g/mol. The number of benzene rings is 1. The normalized spacial score (nSPS) is 17.9. The van der Waals surface area contributed by atoms with Gasteiger partial charge >= 0.3 is 19.2 Å². The predicted molar refractivity (Wildman–Crippen MR) is 118 cm³/mol. The van der Waals surface area contributed by atoms with E-state index in [9.17, 15) is 14.7 Å². The van der Waals surface area contributed by atoms with E-state index in [2.05, 4.69) is 5.32 Å². The number of carboxylic acid groups (broad SMARTS) is 1. The Morgan fingerprint density at radius 2 is 1.71 bits per heavy atom. The van der Waals surface area contributed by atoms with Crippen LogP contribution in [-0.2, 0) is 14.0 Å². The van der Waals surface area contributed by atoms with Gasteiger partial charge in [-0.3, -0.25) is 0 Å².